The van der Waals surface area contributed by atoms with Gasteiger partial charge < -0.3 is 9.15 Å². The Balaban J connectivity index is 2.81. The van der Waals surface area contributed by atoms with Crippen LogP contribution < -0.4 is 0 Å². The molecule has 0 saturated heterocycles. The number of aryl methyl sites for hydroxylation is 1. The molecule has 0 aromatic carbocycles. The van der Waals surface area contributed by atoms with Crippen LogP contribution in [-0.2, 0) is 4.74 Å². The molecule has 0 spiro atoms. The van der Waals surface area contributed by atoms with Crippen LogP contribution in [-0.4, -0.2) is 6.61 Å². The van der Waals surface area contributed by atoms with Crippen LogP contribution in [0.5, 0.6) is 0 Å². The highest BCUT2D eigenvalue weighted by molar-refractivity contribution is 6.27. The average Bonchev–Trinajstić information content (AvgIpc) is 2.47. The van der Waals surface area contributed by atoms with E-state index >= 15 is 0 Å². The SMILES string of the molecule is CCO/C(=C/Cl)c1ccc(C)o1. The molecule has 1 heterocycles. The van der Waals surface area contributed by atoms with Crippen molar-refractivity contribution in [3.05, 3.63) is 29.2 Å². The molecule has 1 rings (SSSR count). The first-order valence-electron chi connectivity index (χ1n) is 3.78. The van der Waals surface area contributed by atoms with Crippen LogP contribution in [0.25, 0.3) is 5.76 Å². The van der Waals surface area contributed by atoms with Gasteiger partial charge in [0.15, 0.2) is 11.5 Å². The summed E-state index contributed by atoms with van der Waals surface area (Å²) in [5.41, 5.74) is 1.38. The Morgan fingerprint density at radius 1 is 1.67 bits per heavy atom. The maximum atomic E-state index is 5.54. The maximum absolute atomic E-state index is 5.54. The van der Waals surface area contributed by atoms with Crippen molar-refractivity contribution in [3.8, 4) is 0 Å². The molecular formula is C9H11ClO2. The van der Waals surface area contributed by atoms with Crippen molar-refractivity contribution in [3.63, 3.8) is 0 Å². The van der Waals surface area contributed by atoms with Crippen molar-refractivity contribution in [2.75, 3.05) is 6.61 Å². The summed E-state index contributed by atoms with van der Waals surface area (Å²) in [6.07, 6.45) is 0. The molecule has 0 fully saturated rings. The minimum atomic E-state index is 0.576. The minimum absolute atomic E-state index is 0.576. The van der Waals surface area contributed by atoms with Crippen molar-refractivity contribution < 1.29 is 9.15 Å². The van der Waals surface area contributed by atoms with Gasteiger partial charge in [0.2, 0.25) is 0 Å². The average molecular weight is 187 g/mol. The van der Waals surface area contributed by atoms with Gasteiger partial charge in [-0.3, -0.25) is 0 Å². The van der Waals surface area contributed by atoms with Gasteiger partial charge >= 0.3 is 0 Å². The monoisotopic (exact) mass is 186 g/mol. The number of hydrogen-bond acceptors (Lipinski definition) is 2. The summed E-state index contributed by atoms with van der Waals surface area (Å²) in [7, 11) is 0. The first kappa shape index (κ1) is 9.20. The molecule has 0 aliphatic rings. The normalized spacial score (nSPS) is 11.8. The summed E-state index contributed by atoms with van der Waals surface area (Å²) in [4.78, 5) is 0. The fraction of sp³-hybridized carbons (Fsp3) is 0.333. The molecule has 0 aliphatic heterocycles. The summed E-state index contributed by atoms with van der Waals surface area (Å²) in [5.74, 6) is 2.09. The molecule has 0 unspecified atom stereocenters. The second kappa shape index (κ2) is 4.21. The van der Waals surface area contributed by atoms with Gasteiger partial charge in [-0.2, -0.15) is 0 Å². The summed E-state index contributed by atoms with van der Waals surface area (Å²) >= 11 is 5.54. The molecule has 66 valence electrons. The number of hydrogen-bond donors (Lipinski definition) is 0. The van der Waals surface area contributed by atoms with Crippen molar-refractivity contribution >= 4 is 17.4 Å². The Labute approximate surface area is 76.8 Å². The lowest BCUT2D eigenvalue weighted by atomic mass is 10.4. The highest BCUT2D eigenvalue weighted by atomic mass is 35.5. The molecule has 0 saturated carbocycles. The van der Waals surface area contributed by atoms with E-state index in [1.165, 1.54) is 5.54 Å². The lowest BCUT2D eigenvalue weighted by Crippen LogP contribution is -1.88. The molecule has 0 bridgehead atoms. The maximum Gasteiger partial charge on any atom is 0.173 e. The van der Waals surface area contributed by atoms with Gasteiger partial charge in [0, 0.05) is 0 Å². The lowest BCUT2D eigenvalue weighted by molar-refractivity contribution is 0.286. The van der Waals surface area contributed by atoms with E-state index in [1.807, 2.05) is 26.0 Å². The third-order valence-electron chi connectivity index (χ3n) is 1.38. The minimum Gasteiger partial charge on any atom is -0.489 e. The fourth-order valence-corrected chi connectivity index (χ4v) is 1.05. The van der Waals surface area contributed by atoms with E-state index in [0.717, 1.165) is 5.76 Å². The van der Waals surface area contributed by atoms with E-state index in [1.54, 1.807) is 0 Å². The number of furan rings is 1. The van der Waals surface area contributed by atoms with Crippen molar-refractivity contribution in [1.29, 1.82) is 0 Å². The van der Waals surface area contributed by atoms with Crippen LogP contribution in [0.2, 0.25) is 0 Å². The van der Waals surface area contributed by atoms with Gasteiger partial charge in [0.25, 0.3) is 0 Å². The van der Waals surface area contributed by atoms with Crippen LogP contribution in [0.15, 0.2) is 22.1 Å². The fourth-order valence-electron chi connectivity index (χ4n) is 0.879. The highest BCUT2D eigenvalue weighted by Gasteiger charge is 2.05. The number of ether oxygens (including phenoxy) is 1. The molecular weight excluding hydrogens is 176 g/mol. The van der Waals surface area contributed by atoms with E-state index in [0.29, 0.717) is 18.1 Å². The first-order valence-corrected chi connectivity index (χ1v) is 4.21. The van der Waals surface area contributed by atoms with E-state index in [9.17, 15) is 0 Å². The molecule has 0 amide bonds. The van der Waals surface area contributed by atoms with Gasteiger partial charge in [-0.25, -0.2) is 0 Å². The molecule has 1 aromatic heterocycles. The molecule has 3 heteroatoms. The zero-order valence-corrected chi connectivity index (χ0v) is 7.89. The predicted octanol–water partition coefficient (Wildman–Crippen LogP) is 3.16. The van der Waals surface area contributed by atoms with Gasteiger partial charge in [-0.05, 0) is 26.0 Å². The van der Waals surface area contributed by atoms with Crippen LogP contribution in [0.3, 0.4) is 0 Å². The largest absolute Gasteiger partial charge is 0.489 e. The van der Waals surface area contributed by atoms with Crippen LogP contribution in [0.4, 0.5) is 0 Å². The first-order chi connectivity index (χ1) is 5.77. The summed E-state index contributed by atoms with van der Waals surface area (Å²) in [6.45, 7) is 4.36. The molecule has 0 aliphatic carbocycles. The molecule has 0 atom stereocenters. The number of rotatable bonds is 3. The summed E-state index contributed by atoms with van der Waals surface area (Å²) in [6, 6.07) is 3.70. The van der Waals surface area contributed by atoms with Gasteiger partial charge in [0.1, 0.15) is 5.76 Å². The van der Waals surface area contributed by atoms with Crippen molar-refractivity contribution in [2.24, 2.45) is 0 Å². The summed E-state index contributed by atoms with van der Waals surface area (Å²) < 4.78 is 10.5. The van der Waals surface area contributed by atoms with Gasteiger partial charge in [-0.15, -0.1) is 0 Å². The Morgan fingerprint density at radius 2 is 2.42 bits per heavy atom. The topological polar surface area (TPSA) is 22.4 Å². The van der Waals surface area contributed by atoms with Crippen LogP contribution >= 0.6 is 11.6 Å². The van der Waals surface area contributed by atoms with E-state index in [2.05, 4.69) is 0 Å². The molecule has 2 nitrogen and oxygen atoms in total. The Hall–Kier alpha value is -0.890. The van der Waals surface area contributed by atoms with Crippen LogP contribution in [0.1, 0.15) is 18.4 Å². The van der Waals surface area contributed by atoms with Gasteiger partial charge in [0.05, 0.1) is 12.1 Å². The lowest BCUT2D eigenvalue weighted by Gasteiger charge is -2.02. The van der Waals surface area contributed by atoms with E-state index < -0.39 is 0 Å². The quantitative estimate of drug-likeness (QED) is 0.677. The zero-order valence-electron chi connectivity index (χ0n) is 7.13. The van der Waals surface area contributed by atoms with Crippen molar-refractivity contribution in [1.82, 2.24) is 0 Å². The second-order valence-electron chi connectivity index (χ2n) is 2.32. The van der Waals surface area contributed by atoms with E-state index in [4.69, 9.17) is 20.8 Å². The summed E-state index contributed by atoms with van der Waals surface area (Å²) in [5, 5.41) is 0. The van der Waals surface area contributed by atoms with Crippen molar-refractivity contribution in [2.45, 2.75) is 13.8 Å². The number of halogens is 1. The van der Waals surface area contributed by atoms with E-state index in [-0.39, 0.29) is 0 Å². The third kappa shape index (κ3) is 2.05. The molecule has 1 aromatic rings. The molecule has 0 N–H and O–H groups in total. The molecule has 12 heavy (non-hydrogen) atoms. The van der Waals surface area contributed by atoms with Crippen LogP contribution in [0, 0.1) is 6.92 Å². The Morgan fingerprint density at radius 3 is 2.83 bits per heavy atom. The highest BCUT2D eigenvalue weighted by Crippen LogP contribution is 2.19. The standard InChI is InChI=1S/C9H11ClO2/c1-3-11-9(6-10)8-5-4-7(2)12-8/h4-6H,3H2,1-2H3/b9-6+. The van der Waals surface area contributed by atoms with Gasteiger partial charge in [-0.1, -0.05) is 11.6 Å². The smallest absolute Gasteiger partial charge is 0.173 e. The zero-order chi connectivity index (χ0) is 8.97. The Bertz CT molecular complexity index is 276. The molecule has 0 radical (unpaired) electrons. The third-order valence-corrected chi connectivity index (χ3v) is 1.58. The predicted molar refractivity (Wildman–Crippen MR) is 48.9 cm³/mol. The Kier molecular flexibility index (Phi) is 3.23. The second-order valence-corrected chi connectivity index (χ2v) is 2.53.